The molecule has 1 aromatic carbocycles. The Morgan fingerprint density at radius 1 is 1.08 bits per heavy atom. The molecule has 0 radical (unpaired) electrons. The average molecular weight is 527 g/mol. The molecule has 2 fully saturated rings. The van der Waals surface area contributed by atoms with Crippen LogP contribution >= 0.6 is 11.8 Å². The van der Waals surface area contributed by atoms with E-state index in [1.54, 1.807) is 18.3 Å². The highest BCUT2D eigenvalue weighted by Gasteiger charge is 2.25. The molecule has 192 valence electrons. The van der Waals surface area contributed by atoms with Gasteiger partial charge < -0.3 is 14.6 Å². The van der Waals surface area contributed by atoms with E-state index in [1.165, 1.54) is 5.56 Å². The van der Waals surface area contributed by atoms with Gasteiger partial charge in [0, 0.05) is 37.4 Å². The van der Waals surface area contributed by atoms with E-state index in [1.807, 2.05) is 42.6 Å². The number of furan rings is 1. The number of pyridine rings is 1. The summed E-state index contributed by atoms with van der Waals surface area (Å²) in [7, 11) is 0. The van der Waals surface area contributed by atoms with Gasteiger partial charge in [-0.15, -0.1) is 0 Å². The van der Waals surface area contributed by atoms with Gasteiger partial charge in [-0.05, 0) is 79.0 Å². The van der Waals surface area contributed by atoms with Crippen LogP contribution in [0.15, 0.2) is 70.2 Å². The number of carbonyl (C=O) groups excluding carboxylic acids is 2. The lowest BCUT2D eigenvalue weighted by Crippen LogP contribution is -2.38. The molecule has 0 bridgehead atoms. The Bertz CT molecular complexity index is 1490. The van der Waals surface area contributed by atoms with Gasteiger partial charge in [0.25, 0.3) is 11.1 Å². The number of benzene rings is 1. The first kappa shape index (κ1) is 24.3. The highest BCUT2D eigenvalue weighted by atomic mass is 32.2. The van der Waals surface area contributed by atoms with Crippen molar-refractivity contribution in [3.63, 3.8) is 0 Å². The van der Waals surface area contributed by atoms with Crippen LogP contribution < -0.4 is 15.5 Å². The molecular formula is C28H26N6O3S. The van der Waals surface area contributed by atoms with Gasteiger partial charge in [-0.2, -0.15) is 0 Å². The maximum atomic E-state index is 11.8. The van der Waals surface area contributed by atoms with Crippen molar-refractivity contribution in [2.45, 2.75) is 19.4 Å². The van der Waals surface area contributed by atoms with Crippen molar-refractivity contribution in [2.75, 3.05) is 24.5 Å². The van der Waals surface area contributed by atoms with Gasteiger partial charge in [0.2, 0.25) is 5.95 Å². The molecular weight excluding hydrogens is 500 g/mol. The average Bonchev–Trinajstić information content (AvgIpc) is 3.51. The first-order valence-electron chi connectivity index (χ1n) is 12.6. The Balaban J connectivity index is 1.01. The number of nitrogens with one attached hydrogen (secondary N) is 2. The molecule has 0 aliphatic carbocycles. The molecule has 0 spiro atoms. The van der Waals surface area contributed by atoms with Crippen LogP contribution in [0.2, 0.25) is 0 Å². The summed E-state index contributed by atoms with van der Waals surface area (Å²) in [4.78, 5) is 39.3. The number of amides is 2. The Morgan fingerprint density at radius 3 is 2.74 bits per heavy atom. The molecule has 0 saturated carbocycles. The highest BCUT2D eigenvalue weighted by molar-refractivity contribution is 8.18. The molecule has 2 saturated heterocycles. The van der Waals surface area contributed by atoms with E-state index in [4.69, 9.17) is 4.42 Å². The zero-order chi connectivity index (χ0) is 25.9. The molecule has 3 aromatic heterocycles. The quantitative estimate of drug-likeness (QED) is 0.333. The summed E-state index contributed by atoms with van der Waals surface area (Å²) in [5.41, 5.74) is 3.49. The summed E-state index contributed by atoms with van der Waals surface area (Å²) in [6, 6.07) is 15.9. The van der Waals surface area contributed by atoms with Crippen molar-refractivity contribution >= 4 is 45.9 Å². The lowest BCUT2D eigenvalue weighted by atomic mass is 9.97. The third-order valence-corrected chi connectivity index (χ3v) is 7.56. The number of thioether (sulfide) groups is 1. The number of anilines is 1. The normalized spacial score (nSPS) is 17.5. The summed E-state index contributed by atoms with van der Waals surface area (Å²) in [6.45, 7) is 3.43. The predicted octanol–water partition coefficient (Wildman–Crippen LogP) is 4.61. The molecule has 2 aliphatic heterocycles. The van der Waals surface area contributed by atoms with Crippen LogP contribution in [0.25, 0.3) is 28.5 Å². The lowest BCUT2D eigenvalue weighted by Gasteiger charge is -2.32. The number of nitrogens with zero attached hydrogens (tertiary/aromatic N) is 4. The Morgan fingerprint density at radius 2 is 1.92 bits per heavy atom. The van der Waals surface area contributed by atoms with Crippen LogP contribution in [0.3, 0.4) is 0 Å². The van der Waals surface area contributed by atoms with Crippen molar-refractivity contribution in [2.24, 2.45) is 5.92 Å². The molecule has 10 heteroatoms. The second kappa shape index (κ2) is 10.8. The van der Waals surface area contributed by atoms with Gasteiger partial charge in [0.1, 0.15) is 11.3 Å². The minimum absolute atomic E-state index is 0.350. The molecule has 9 nitrogen and oxygen atoms in total. The maximum Gasteiger partial charge on any atom is 0.290 e. The zero-order valence-corrected chi connectivity index (χ0v) is 21.4. The molecule has 2 N–H and O–H groups in total. The number of rotatable bonds is 7. The number of fused-ring (bicyclic) bond motifs is 1. The zero-order valence-electron chi connectivity index (χ0n) is 20.6. The fourth-order valence-electron chi connectivity index (χ4n) is 4.73. The minimum Gasteiger partial charge on any atom is -0.454 e. The van der Waals surface area contributed by atoms with Crippen molar-refractivity contribution in [1.82, 2.24) is 25.6 Å². The Kier molecular flexibility index (Phi) is 6.89. The number of aromatic nitrogens is 3. The summed E-state index contributed by atoms with van der Waals surface area (Å²) in [6.07, 6.45) is 7.23. The van der Waals surface area contributed by atoms with Gasteiger partial charge in [-0.1, -0.05) is 18.2 Å². The fraction of sp³-hybridized carbons (Fsp3) is 0.250. The van der Waals surface area contributed by atoms with Crippen molar-refractivity contribution in [1.29, 1.82) is 0 Å². The van der Waals surface area contributed by atoms with Crippen LogP contribution in [-0.4, -0.2) is 45.7 Å². The number of hydrogen-bond donors (Lipinski definition) is 2. The SMILES string of the molecule is O=C1NC(=O)/C(=C\c2ccnc(N3CCC(CNCc4ccnc(-c5cc6ccccc6o5)c4)CC3)n2)S1. The maximum absolute atomic E-state index is 11.8. The van der Waals surface area contributed by atoms with Crippen LogP contribution in [0, 0.1) is 5.92 Å². The van der Waals surface area contributed by atoms with E-state index in [0.717, 1.165) is 73.2 Å². The van der Waals surface area contributed by atoms with Gasteiger partial charge in [0.15, 0.2) is 5.76 Å². The van der Waals surface area contributed by atoms with Crippen LogP contribution in [-0.2, 0) is 11.3 Å². The molecule has 38 heavy (non-hydrogen) atoms. The van der Waals surface area contributed by atoms with E-state index in [0.29, 0.717) is 22.5 Å². The Hall–Kier alpha value is -4.02. The molecule has 0 atom stereocenters. The smallest absolute Gasteiger partial charge is 0.290 e. The second-order valence-electron chi connectivity index (χ2n) is 9.39. The van der Waals surface area contributed by atoms with Gasteiger partial charge in [0.05, 0.1) is 10.6 Å². The molecule has 6 rings (SSSR count). The standard InChI is InChI=1S/C28H26N6O3S/c35-26-25(38-28(36)33-26)15-21-6-10-31-27(32-21)34-11-7-18(8-12-34)16-29-17-19-5-9-30-22(13-19)24-14-20-3-1-2-4-23(20)37-24/h1-6,9-10,13-15,18,29H,7-8,11-12,16-17H2,(H,33,35,36)/b25-15+. The molecule has 4 aromatic rings. The number of carbonyl (C=O) groups is 2. The topological polar surface area (TPSA) is 113 Å². The molecule has 0 unspecified atom stereocenters. The fourth-order valence-corrected chi connectivity index (χ4v) is 5.40. The Labute approximate surface area is 223 Å². The van der Waals surface area contributed by atoms with Crippen molar-refractivity contribution in [3.05, 3.63) is 77.1 Å². The summed E-state index contributed by atoms with van der Waals surface area (Å²) < 4.78 is 5.97. The summed E-state index contributed by atoms with van der Waals surface area (Å²) >= 11 is 0.889. The summed E-state index contributed by atoms with van der Waals surface area (Å²) in [5, 5.41) is 6.58. The van der Waals surface area contributed by atoms with E-state index in [9.17, 15) is 9.59 Å². The second-order valence-corrected chi connectivity index (χ2v) is 10.4. The van der Waals surface area contributed by atoms with E-state index >= 15 is 0 Å². The number of imide groups is 1. The van der Waals surface area contributed by atoms with Crippen LogP contribution in [0.5, 0.6) is 0 Å². The third-order valence-electron chi connectivity index (χ3n) is 6.75. The van der Waals surface area contributed by atoms with Gasteiger partial charge in [-0.3, -0.25) is 19.9 Å². The van der Waals surface area contributed by atoms with Crippen molar-refractivity contribution in [3.8, 4) is 11.5 Å². The monoisotopic (exact) mass is 526 g/mol. The molecule has 2 amide bonds. The number of para-hydroxylation sites is 1. The highest BCUT2D eigenvalue weighted by Crippen LogP contribution is 2.28. The molecule has 5 heterocycles. The van der Waals surface area contributed by atoms with E-state index in [2.05, 4.69) is 36.6 Å². The third kappa shape index (κ3) is 5.46. The first-order valence-corrected chi connectivity index (χ1v) is 13.4. The first-order chi connectivity index (χ1) is 18.6. The van der Waals surface area contributed by atoms with E-state index in [-0.39, 0.29) is 11.1 Å². The largest absolute Gasteiger partial charge is 0.454 e. The molecule has 2 aliphatic rings. The van der Waals surface area contributed by atoms with E-state index < -0.39 is 0 Å². The lowest BCUT2D eigenvalue weighted by molar-refractivity contribution is -0.115. The van der Waals surface area contributed by atoms with Gasteiger partial charge in [-0.25, -0.2) is 9.97 Å². The summed E-state index contributed by atoms with van der Waals surface area (Å²) in [5.74, 6) is 1.61. The predicted molar refractivity (Wildman–Crippen MR) is 147 cm³/mol. The van der Waals surface area contributed by atoms with Crippen molar-refractivity contribution < 1.29 is 14.0 Å². The van der Waals surface area contributed by atoms with Crippen LogP contribution in [0.1, 0.15) is 24.1 Å². The number of hydrogen-bond acceptors (Lipinski definition) is 9. The van der Waals surface area contributed by atoms with Gasteiger partial charge >= 0.3 is 0 Å². The van der Waals surface area contributed by atoms with Crippen LogP contribution in [0.4, 0.5) is 10.7 Å². The minimum atomic E-state index is -0.383. The number of piperidine rings is 1.